The van der Waals surface area contributed by atoms with Crippen molar-refractivity contribution >= 4 is 23.1 Å². The third-order valence-electron chi connectivity index (χ3n) is 2.95. The van der Waals surface area contributed by atoms with E-state index in [1.165, 1.54) is 24.6 Å². The van der Waals surface area contributed by atoms with Crippen LogP contribution >= 0.6 is 11.8 Å². The molecule has 2 rings (SSSR count). The molecule has 0 amide bonds. The Labute approximate surface area is 118 Å². The molecule has 19 heavy (non-hydrogen) atoms. The molecule has 0 atom stereocenters. The Morgan fingerprint density at radius 2 is 2.26 bits per heavy atom. The predicted octanol–water partition coefficient (Wildman–Crippen LogP) is 2.47. The molecule has 1 aliphatic carbocycles. The number of hydrogen-bond donors (Lipinski definition) is 0. The van der Waals surface area contributed by atoms with E-state index in [0.717, 1.165) is 5.69 Å². The molecule has 1 saturated carbocycles. The second-order valence-electron chi connectivity index (χ2n) is 5.01. The third kappa shape index (κ3) is 4.06. The minimum absolute atomic E-state index is 0.182. The van der Waals surface area contributed by atoms with E-state index in [9.17, 15) is 4.79 Å². The first-order valence-corrected chi connectivity index (χ1v) is 7.61. The lowest BCUT2D eigenvalue weighted by Crippen LogP contribution is -2.11. The standard InChI is InChI=1S/C14H19N3OS/c1-17(2)9-11(13(18)8-10-4-5-10)12-6-7-15-14(16-12)19-3/h6-7,9-10H,4-5,8H2,1-3H3. The van der Waals surface area contributed by atoms with Crippen LogP contribution in [0.15, 0.2) is 23.6 Å². The molecule has 0 spiro atoms. The van der Waals surface area contributed by atoms with Crippen LogP contribution in [0.4, 0.5) is 0 Å². The van der Waals surface area contributed by atoms with Gasteiger partial charge in [0.25, 0.3) is 0 Å². The fraction of sp³-hybridized carbons (Fsp3) is 0.500. The summed E-state index contributed by atoms with van der Waals surface area (Å²) in [4.78, 5) is 22.8. The molecule has 1 aromatic rings. The lowest BCUT2D eigenvalue weighted by molar-refractivity contribution is -0.114. The highest BCUT2D eigenvalue weighted by molar-refractivity contribution is 7.98. The molecule has 0 saturated heterocycles. The fourth-order valence-corrected chi connectivity index (χ4v) is 2.18. The summed E-state index contributed by atoms with van der Waals surface area (Å²) in [6.45, 7) is 0. The minimum atomic E-state index is 0.182. The number of ketones is 1. The summed E-state index contributed by atoms with van der Waals surface area (Å²) in [6, 6.07) is 1.81. The zero-order chi connectivity index (χ0) is 13.8. The zero-order valence-corrected chi connectivity index (χ0v) is 12.4. The van der Waals surface area contributed by atoms with E-state index in [2.05, 4.69) is 9.97 Å². The van der Waals surface area contributed by atoms with Crippen LogP contribution in [0.2, 0.25) is 0 Å². The SMILES string of the molecule is CSc1nccc(C(=CN(C)C)C(=O)CC2CC2)n1. The van der Waals surface area contributed by atoms with E-state index in [1.54, 1.807) is 12.3 Å². The highest BCUT2D eigenvalue weighted by Crippen LogP contribution is 2.34. The van der Waals surface area contributed by atoms with Crippen LogP contribution in [0.3, 0.4) is 0 Å². The highest BCUT2D eigenvalue weighted by atomic mass is 32.2. The predicted molar refractivity (Wildman–Crippen MR) is 77.8 cm³/mol. The molecule has 1 heterocycles. The molecule has 0 bridgehead atoms. The van der Waals surface area contributed by atoms with Crippen molar-refractivity contribution in [2.24, 2.45) is 5.92 Å². The van der Waals surface area contributed by atoms with Gasteiger partial charge in [-0.25, -0.2) is 9.97 Å². The van der Waals surface area contributed by atoms with Crippen LogP contribution in [0.5, 0.6) is 0 Å². The van der Waals surface area contributed by atoms with Gasteiger partial charge in [0, 0.05) is 32.9 Å². The molecule has 5 heteroatoms. The number of aromatic nitrogens is 2. The monoisotopic (exact) mass is 277 g/mol. The van der Waals surface area contributed by atoms with Crippen molar-refractivity contribution in [1.82, 2.24) is 14.9 Å². The van der Waals surface area contributed by atoms with Gasteiger partial charge in [0.1, 0.15) is 0 Å². The van der Waals surface area contributed by atoms with Gasteiger partial charge in [0.05, 0.1) is 11.3 Å². The number of Topliss-reactive ketones (excluding diaryl/α,β-unsaturated/α-hetero) is 1. The summed E-state index contributed by atoms with van der Waals surface area (Å²) >= 11 is 1.48. The molecular formula is C14H19N3OS. The number of hydrogen-bond acceptors (Lipinski definition) is 5. The van der Waals surface area contributed by atoms with Crippen LogP contribution in [-0.4, -0.2) is 41.0 Å². The molecule has 4 nitrogen and oxygen atoms in total. The molecule has 0 unspecified atom stereocenters. The van der Waals surface area contributed by atoms with Crippen molar-refractivity contribution in [3.8, 4) is 0 Å². The quantitative estimate of drug-likeness (QED) is 0.454. The molecule has 0 N–H and O–H groups in total. The van der Waals surface area contributed by atoms with Crippen LogP contribution < -0.4 is 0 Å². The molecule has 1 aromatic heterocycles. The van der Waals surface area contributed by atoms with Crippen LogP contribution in [-0.2, 0) is 4.79 Å². The lowest BCUT2D eigenvalue weighted by Gasteiger charge is -2.11. The maximum Gasteiger partial charge on any atom is 0.187 e. The Morgan fingerprint density at radius 1 is 1.53 bits per heavy atom. The summed E-state index contributed by atoms with van der Waals surface area (Å²) in [7, 11) is 3.84. The van der Waals surface area contributed by atoms with Gasteiger partial charge in [-0.2, -0.15) is 0 Å². The number of carbonyl (C=O) groups excluding carboxylic acids is 1. The molecule has 0 aromatic carbocycles. The maximum atomic E-state index is 12.4. The van der Waals surface area contributed by atoms with Crippen molar-refractivity contribution in [1.29, 1.82) is 0 Å². The minimum Gasteiger partial charge on any atom is -0.383 e. The van der Waals surface area contributed by atoms with E-state index in [0.29, 0.717) is 23.1 Å². The lowest BCUT2D eigenvalue weighted by atomic mass is 10.0. The largest absolute Gasteiger partial charge is 0.383 e. The number of allylic oxidation sites excluding steroid dienone is 1. The van der Waals surface area contributed by atoms with Gasteiger partial charge in [-0.1, -0.05) is 11.8 Å². The Bertz CT molecular complexity index is 495. The Kier molecular flexibility index (Phi) is 4.58. The van der Waals surface area contributed by atoms with Gasteiger partial charge in [0.15, 0.2) is 10.9 Å². The van der Waals surface area contributed by atoms with Gasteiger partial charge in [-0.15, -0.1) is 0 Å². The molecule has 102 valence electrons. The first-order valence-electron chi connectivity index (χ1n) is 6.39. The van der Waals surface area contributed by atoms with Crippen LogP contribution in [0, 0.1) is 5.92 Å². The van der Waals surface area contributed by atoms with Crippen molar-refractivity contribution in [3.63, 3.8) is 0 Å². The Morgan fingerprint density at radius 3 is 2.84 bits per heavy atom. The highest BCUT2D eigenvalue weighted by Gasteiger charge is 2.27. The summed E-state index contributed by atoms with van der Waals surface area (Å²) in [5.41, 5.74) is 1.41. The van der Waals surface area contributed by atoms with E-state index < -0.39 is 0 Å². The third-order valence-corrected chi connectivity index (χ3v) is 3.51. The van der Waals surface area contributed by atoms with E-state index in [4.69, 9.17) is 0 Å². The van der Waals surface area contributed by atoms with Gasteiger partial charge in [-0.05, 0) is 31.1 Å². The molecular weight excluding hydrogens is 258 g/mol. The van der Waals surface area contributed by atoms with E-state index in [1.807, 2.05) is 31.5 Å². The maximum absolute atomic E-state index is 12.4. The number of thioether (sulfide) groups is 1. The Hall–Kier alpha value is -1.36. The first-order chi connectivity index (χ1) is 9.10. The fourth-order valence-electron chi connectivity index (χ4n) is 1.82. The van der Waals surface area contributed by atoms with Crippen molar-refractivity contribution in [2.75, 3.05) is 20.4 Å². The summed E-state index contributed by atoms with van der Waals surface area (Å²) in [5.74, 6) is 0.766. The normalized spacial score (nSPS) is 15.4. The molecule has 1 aliphatic rings. The van der Waals surface area contributed by atoms with Gasteiger partial charge >= 0.3 is 0 Å². The summed E-state index contributed by atoms with van der Waals surface area (Å²) in [5, 5.41) is 0.696. The zero-order valence-electron chi connectivity index (χ0n) is 11.6. The van der Waals surface area contributed by atoms with Crippen molar-refractivity contribution < 1.29 is 4.79 Å². The van der Waals surface area contributed by atoms with Crippen molar-refractivity contribution in [2.45, 2.75) is 24.4 Å². The van der Waals surface area contributed by atoms with Gasteiger partial charge < -0.3 is 4.90 Å². The van der Waals surface area contributed by atoms with E-state index in [-0.39, 0.29) is 5.78 Å². The summed E-state index contributed by atoms with van der Waals surface area (Å²) < 4.78 is 0. The second kappa shape index (κ2) is 6.19. The number of rotatable bonds is 6. The van der Waals surface area contributed by atoms with Crippen LogP contribution in [0.25, 0.3) is 5.57 Å². The van der Waals surface area contributed by atoms with Gasteiger partial charge in [0.2, 0.25) is 0 Å². The average molecular weight is 277 g/mol. The molecule has 1 fully saturated rings. The van der Waals surface area contributed by atoms with E-state index >= 15 is 0 Å². The molecule has 0 aliphatic heterocycles. The summed E-state index contributed by atoms with van der Waals surface area (Å²) in [6.07, 6.45) is 8.50. The van der Waals surface area contributed by atoms with Crippen LogP contribution in [0.1, 0.15) is 25.0 Å². The number of carbonyl (C=O) groups is 1. The van der Waals surface area contributed by atoms with Crippen molar-refractivity contribution in [3.05, 3.63) is 24.2 Å². The molecule has 0 radical (unpaired) electrons. The second-order valence-corrected chi connectivity index (χ2v) is 5.78. The Balaban J connectivity index is 2.27. The number of nitrogens with zero attached hydrogens (tertiary/aromatic N) is 3. The topological polar surface area (TPSA) is 46.1 Å². The smallest absolute Gasteiger partial charge is 0.187 e. The first kappa shape index (κ1) is 14.1. The van der Waals surface area contributed by atoms with Gasteiger partial charge in [-0.3, -0.25) is 4.79 Å². The average Bonchev–Trinajstić information content (AvgIpc) is 3.19.